The summed E-state index contributed by atoms with van der Waals surface area (Å²) in [5.74, 6) is 0. The monoisotopic (exact) mass is 512 g/mol. The molecule has 0 spiro atoms. The summed E-state index contributed by atoms with van der Waals surface area (Å²) in [5, 5.41) is 10.5. The van der Waals surface area contributed by atoms with Crippen molar-refractivity contribution in [3.8, 4) is 0 Å². The maximum Gasteiger partial charge on any atom is 0.278 e. The lowest BCUT2D eigenvalue weighted by molar-refractivity contribution is 0.594. The highest BCUT2D eigenvalue weighted by Crippen LogP contribution is 2.44. The number of nitrogens with zero attached hydrogens (tertiary/aromatic N) is 4. The molecular weight excluding hydrogens is 453 g/mol. The van der Waals surface area contributed by atoms with Gasteiger partial charge < -0.3 is 8.68 Å². The van der Waals surface area contributed by atoms with Gasteiger partial charge in [-0.3, -0.25) is 0 Å². The van der Waals surface area contributed by atoms with Crippen molar-refractivity contribution in [2.75, 3.05) is 0 Å². The third-order valence-electron chi connectivity index (χ3n) is 8.13. The molecule has 33 heavy (non-hydrogen) atoms. The van der Waals surface area contributed by atoms with E-state index >= 15 is 0 Å². The Balaban J connectivity index is 3.42. The first kappa shape index (κ1) is 30.9. The van der Waals surface area contributed by atoms with E-state index in [2.05, 4.69) is 63.3 Å². The Morgan fingerprint density at radius 3 is 0.848 bits per heavy atom. The lowest BCUT2D eigenvalue weighted by atomic mass is 10.4. The average Bonchev–Trinajstić information content (AvgIpc) is 3.14. The summed E-state index contributed by atoms with van der Waals surface area (Å²) in [7, 11) is -5.23. The molecule has 0 atom stereocenters. The van der Waals surface area contributed by atoms with Crippen molar-refractivity contribution in [2.45, 2.75) is 168 Å². The SMILES string of the molecule is CCCC[Si](CCCC)(CCCC)N1N=NN([Si](CCCC)(CCCC)CCCC)[Si]1(C)C. The summed E-state index contributed by atoms with van der Waals surface area (Å²) in [6.07, 6.45) is 16.1. The fourth-order valence-electron chi connectivity index (χ4n) is 6.16. The van der Waals surface area contributed by atoms with Gasteiger partial charge in [-0.05, 0) is 49.4 Å². The molecule has 0 aromatic rings. The van der Waals surface area contributed by atoms with Gasteiger partial charge in [-0.1, -0.05) is 129 Å². The van der Waals surface area contributed by atoms with Gasteiger partial charge in [0.2, 0.25) is 0 Å². The molecule has 0 N–H and O–H groups in total. The Morgan fingerprint density at radius 2 is 0.667 bits per heavy atom. The van der Waals surface area contributed by atoms with E-state index in [0.717, 1.165) is 0 Å². The zero-order chi connectivity index (χ0) is 24.8. The average molecular weight is 513 g/mol. The molecule has 0 amide bonds. The van der Waals surface area contributed by atoms with Crippen molar-refractivity contribution in [3.05, 3.63) is 0 Å². The van der Waals surface area contributed by atoms with Crippen LogP contribution in [0.4, 0.5) is 0 Å². The van der Waals surface area contributed by atoms with Gasteiger partial charge in [0, 0.05) is 0 Å². The minimum atomic E-state index is -1.91. The Morgan fingerprint density at radius 1 is 0.455 bits per heavy atom. The van der Waals surface area contributed by atoms with Crippen molar-refractivity contribution < 1.29 is 0 Å². The molecule has 196 valence electrons. The Bertz CT molecular complexity index is 454. The maximum atomic E-state index is 5.23. The number of hydrogen-bond acceptors (Lipinski definition) is 4. The summed E-state index contributed by atoms with van der Waals surface area (Å²) >= 11 is 0. The summed E-state index contributed by atoms with van der Waals surface area (Å²) < 4.78 is 5.65. The van der Waals surface area contributed by atoms with Crippen LogP contribution in [0.25, 0.3) is 0 Å². The van der Waals surface area contributed by atoms with E-state index in [0.29, 0.717) is 0 Å². The van der Waals surface area contributed by atoms with Gasteiger partial charge in [0.25, 0.3) is 8.40 Å². The first-order valence-electron chi connectivity index (χ1n) is 14.9. The molecular formula is C26H60N4Si3. The summed E-state index contributed by atoms with van der Waals surface area (Å²) in [5.41, 5.74) is 0. The zero-order valence-electron chi connectivity index (χ0n) is 24.0. The minimum absolute atomic E-state index is 1.31. The quantitative estimate of drug-likeness (QED) is 0.152. The molecule has 0 bridgehead atoms. The van der Waals surface area contributed by atoms with E-state index < -0.39 is 24.9 Å². The molecule has 1 heterocycles. The molecule has 0 unspecified atom stereocenters. The van der Waals surface area contributed by atoms with Crippen LogP contribution >= 0.6 is 0 Å². The molecule has 0 radical (unpaired) electrons. The second-order valence-corrected chi connectivity index (χ2v) is 24.8. The third kappa shape index (κ3) is 8.19. The smallest absolute Gasteiger partial charge is 0.278 e. The van der Waals surface area contributed by atoms with E-state index in [1.54, 1.807) is 0 Å². The van der Waals surface area contributed by atoms with E-state index in [1.807, 2.05) is 0 Å². The van der Waals surface area contributed by atoms with E-state index in [9.17, 15) is 0 Å². The molecule has 0 saturated carbocycles. The van der Waals surface area contributed by atoms with Gasteiger partial charge in [0.15, 0.2) is 16.5 Å². The van der Waals surface area contributed by atoms with Crippen LogP contribution in [0.3, 0.4) is 0 Å². The molecule has 0 aliphatic carbocycles. The van der Waals surface area contributed by atoms with Crippen molar-refractivity contribution in [2.24, 2.45) is 10.4 Å². The van der Waals surface area contributed by atoms with Crippen LogP contribution in [-0.2, 0) is 0 Å². The van der Waals surface area contributed by atoms with Crippen LogP contribution < -0.4 is 0 Å². The number of hydrogen-bond donors (Lipinski definition) is 0. The Kier molecular flexibility index (Phi) is 14.8. The highest BCUT2D eigenvalue weighted by Gasteiger charge is 2.57. The Hall–Kier alpha value is -0.149. The predicted octanol–water partition coefficient (Wildman–Crippen LogP) is 10.3. The summed E-state index contributed by atoms with van der Waals surface area (Å²) in [6, 6.07) is 8.58. The molecule has 1 aliphatic heterocycles. The first-order valence-corrected chi connectivity index (χ1v) is 22.9. The van der Waals surface area contributed by atoms with Crippen molar-refractivity contribution >= 4 is 24.9 Å². The standard InChI is InChI=1S/C26H60N4Si3/c1-9-15-21-32(22-16-10-2,23-17-11-3)29-27-28-30(31(29,7)8)33(24-18-12-4,25-19-13-5)26-20-14-6/h9-26H2,1-8H3. The molecule has 0 fully saturated rings. The molecule has 4 nitrogen and oxygen atoms in total. The second-order valence-electron chi connectivity index (χ2n) is 11.4. The molecule has 0 aromatic heterocycles. The van der Waals surface area contributed by atoms with E-state index in [1.165, 1.54) is 113 Å². The number of rotatable bonds is 20. The van der Waals surface area contributed by atoms with Crippen LogP contribution in [-0.4, -0.2) is 33.5 Å². The van der Waals surface area contributed by atoms with Crippen LogP contribution in [0.2, 0.25) is 49.4 Å². The minimum Gasteiger partial charge on any atom is -0.310 e. The van der Waals surface area contributed by atoms with Gasteiger partial charge in [-0.2, -0.15) is 0 Å². The molecule has 1 rings (SSSR count). The van der Waals surface area contributed by atoms with Gasteiger partial charge in [-0.15, -0.1) is 0 Å². The van der Waals surface area contributed by atoms with Crippen LogP contribution in [0.15, 0.2) is 10.4 Å². The maximum absolute atomic E-state index is 5.23. The van der Waals surface area contributed by atoms with E-state index in [-0.39, 0.29) is 0 Å². The molecule has 1 aliphatic rings. The summed E-state index contributed by atoms with van der Waals surface area (Å²) in [4.78, 5) is 0. The van der Waals surface area contributed by atoms with Crippen LogP contribution in [0, 0.1) is 0 Å². The topological polar surface area (TPSA) is 31.2 Å². The van der Waals surface area contributed by atoms with Crippen LogP contribution in [0.1, 0.15) is 119 Å². The third-order valence-corrected chi connectivity index (χ3v) is 26.2. The fourth-order valence-corrected chi connectivity index (χ4v) is 28.3. The van der Waals surface area contributed by atoms with Gasteiger partial charge in [0.1, 0.15) is 0 Å². The van der Waals surface area contributed by atoms with E-state index in [4.69, 9.17) is 10.4 Å². The lowest BCUT2D eigenvalue weighted by Gasteiger charge is -2.51. The van der Waals surface area contributed by atoms with Crippen molar-refractivity contribution in [1.29, 1.82) is 0 Å². The largest absolute Gasteiger partial charge is 0.310 e. The molecule has 0 aromatic carbocycles. The fraction of sp³-hybridized carbons (Fsp3) is 1.00. The second kappa shape index (κ2) is 15.8. The Labute approximate surface area is 211 Å². The normalized spacial score (nSPS) is 16.2. The van der Waals surface area contributed by atoms with Gasteiger partial charge in [-0.25, -0.2) is 0 Å². The van der Waals surface area contributed by atoms with Crippen molar-refractivity contribution in [3.63, 3.8) is 0 Å². The highest BCUT2D eigenvalue weighted by molar-refractivity contribution is 6.97. The van der Waals surface area contributed by atoms with Gasteiger partial charge >= 0.3 is 0 Å². The molecule has 7 heteroatoms. The number of unbranched alkanes of at least 4 members (excludes halogenated alkanes) is 6. The molecule has 0 saturated heterocycles. The highest BCUT2D eigenvalue weighted by atomic mass is 28.4. The predicted molar refractivity (Wildman–Crippen MR) is 156 cm³/mol. The van der Waals surface area contributed by atoms with Crippen molar-refractivity contribution in [1.82, 2.24) is 8.68 Å². The summed E-state index contributed by atoms with van der Waals surface area (Å²) in [6.45, 7) is 19.5. The first-order chi connectivity index (χ1) is 15.8. The zero-order valence-corrected chi connectivity index (χ0v) is 27.0. The van der Waals surface area contributed by atoms with Gasteiger partial charge in [0.05, 0.1) is 0 Å². The van der Waals surface area contributed by atoms with Crippen LogP contribution in [0.5, 0.6) is 0 Å². The lowest BCUT2D eigenvalue weighted by Crippen LogP contribution is -2.70.